The SMILES string of the molecule is CCN(CC(C)C)C(=O)c1cc(OC)cc(OC)c1N. The van der Waals surface area contributed by atoms with E-state index in [1.165, 1.54) is 7.11 Å². The summed E-state index contributed by atoms with van der Waals surface area (Å²) in [5.41, 5.74) is 6.78. The van der Waals surface area contributed by atoms with Crippen molar-refractivity contribution in [1.29, 1.82) is 0 Å². The zero-order valence-corrected chi connectivity index (χ0v) is 12.9. The first-order valence-electron chi connectivity index (χ1n) is 6.75. The van der Waals surface area contributed by atoms with Gasteiger partial charge in [-0.1, -0.05) is 13.8 Å². The average molecular weight is 280 g/mol. The molecule has 0 aliphatic rings. The van der Waals surface area contributed by atoms with E-state index in [0.717, 1.165) is 0 Å². The number of nitrogens with two attached hydrogens (primary N) is 1. The highest BCUT2D eigenvalue weighted by Gasteiger charge is 2.21. The molecule has 20 heavy (non-hydrogen) atoms. The fourth-order valence-corrected chi connectivity index (χ4v) is 2.03. The molecule has 0 atom stereocenters. The summed E-state index contributed by atoms with van der Waals surface area (Å²) < 4.78 is 10.4. The topological polar surface area (TPSA) is 64.8 Å². The number of nitrogens with zero attached hydrogens (tertiary/aromatic N) is 1. The minimum absolute atomic E-state index is 0.101. The van der Waals surface area contributed by atoms with Crippen molar-refractivity contribution in [2.75, 3.05) is 33.0 Å². The van der Waals surface area contributed by atoms with Crippen LogP contribution in [-0.2, 0) is 0 Å². The van der Waals surface area contributed by atoms with Gasteiger partial charge >= 0.3 is 0 Å². The highest BCUT2D eigenvalue weighted by Crippen LogP contribution is 2.31. The number of nitrogen functional groups attached to an aromatic ring is 1. The number of carbonyl (C=O) groups is 1. The third-order valence-electron chi connectivity index (χ3n) is 3.06. The lowest BCUT2D eigenvalue weighted by molar-refractivity contribution is 0.0746. The van der Waals surface area contributed by atoms with Gasteiger partial charge in [-0.15, -0.1) is 0 Å². The summed E-state index contributed by atoms with van der Waals surface area (Å²) in [4.78, 5) is 14.4. The zero-order valence-electron chi connectivity index (χ0n) is 12.9. The summed E-state index contributed by atoms with van der Waals surface area (Å²) in [6.07, 6.45) is 0. The fraction of sp³-hybridized carbons (Fsp3) is 0.533. The first-order chi connectivity index (χ1) is 9.44. The number of hydrogen-bond donors (Lipinski definition) is 1. The van der Waals surface area contributed by atoms with Crippen molar-refractivity contribution in [3.63, 3.8) is 0 Å². The van der Waals surface area contributed by atoms with E-state index in [0.29, 0.717) is 41.8 Å². The van der Waals surface area contributed by atoms with Crippen molar-refractivity contribution in [2.24, 2.45) is 5.92 Å². The highest BCUT2D eigenvalue weighted by molar-refractivity contribution is 6.01. The van der Waals surface area contributed by atoms with Gasteiger partial charge in [-0.2, -0.15) is 0 Å². The molecule has 0 aliphatic heterocycles. The largest absolute Gasteiger partial charge is 0.497 e. The van der Waals surface area contributed by atoms with Crippen molar-refractivity contribution in [3.05, 3.63) is 17.7 Å². The molecular formula is C15H24N2O3. The molecule has 2 N–H and O–H groups in total. The molecule has 0 aliphatic carbocycles. The molecule has 0 unspecified atom stereocenters. The van der Waals surface area contributed by atoms with Gasteiger partial charge in [-0.05, 0) is 18.9 Å². The minimum Gasteiger partial charge on any atom is -0.497 e. The van der Waals surface area contributed by atoms with Crippen LogP contribution in [0.4, 0.5) is 5.69 Å². The van der Waals surface area contributed by atoms with Crippen LogP contribution in [0.5, 0.6) is 11.5 Å². The molecule has 0 saturated heterocycles. The van der Waals surface area contributed by atoms with Gasteiger partial charge < -0.3 is 20.1 Å². The lowest BCUT2D eigenvalue weighted by Gasteiger charge is -2.24. The first-order valence-corrected chi connectivity index (χ1v) is 6.75. The van der Waals surface area contributed by atoms with Crippen LogP contribution in [-0.4, -0.2) is 38.1 Å². The summed E-state index contributed by atoms with van der Waals surface area (Å²) in [6.45, 7) is 7.43. The number of amides is 1. The van der Waals surface area contributed by atoms with Gasteiger partial charge in [-0.3, -0.25) is 4.79 Å². The third kappa shape index (κ3) is 3.56. The number of rotatable bonds is 6. The minimum atomic E-state index is -0.101. The van der Waals surface area contributed by atoms with Crippen molar-refractivity contribution in [1.82, 2.24) is 4.90 Å². The predicted molar refractivity (Wildman–Crippen MR) is 80.4 cm³/mol. The average Bonchev–Trinajstić information content (AvgIpc) is 2.44. The van der Waals surface area contributed by atoms with E-state index in [2.05, 4.69) is 13.8 Å². The molecule has 0 heterocycles. The molecule has 5 nitrogen and oxygen atoms in total. The summed E-state index contributed by atoms with van der Waals surface area (Å²) in [6, 6.07) is 3.33. The first kappa shape index (κ1) is 16.1. The second-order valence-corrected chi connectivity index (χ2v) is 5.03. The van der Waals surface area contributed by atoms with Crippen LogP contribution in [0.15, 0.2) is 12.1 Å². The van der Waals surface area contributed by atoms with Gasteiger partial charge in [0.2, 0.25) is 0 Å². The summed E-state index contributed by atoms with van der Waals surface area (Å²) in [7, 11) is 3.07. The van der Waals surface area contributed by atoms with Crippen LogP contribution in [0.25, 0.3) is 0 Å². The van der Waals surface area contributed by atoms with E-state index in [1.807, 2.05) is 6.92 Å². The van der Waals surface area contributed by atoms with E-state index in [9.17, 15) is 4.79 Å². The molecule has 0 bridgehead atoms. The molecule has 112 valence electrons. The molecule has 0 radical (unpaired) electrons. The van der Waals surface area contributed by atoms with Crippen LogP contribution in [0.3, 0.4) is 0 Å². The number of anilines is 1. The van der Waals surface area contributed by atoms with Crippen LogP contribution >= 0.6 is 0 Å². The standard InChI is InChI=1S/C15H24N2O3/c1-6-17(9-10(2)3)15(18)12-7-11(19-4)8-13(20-5)14(12)16/h7-8,10H,6,9,16H2,1-5H3. The lowest BCUT2D eigenvalue weighted by atomic mass is 10.1. The second-order valence-electron chi connectivity index (χ2n) is 5.03. The van der Waals surface area contributed by atoms with Gasteiger partial charge in [-0.25, -0.2) is 0 Å². The Morgan fingerprint density at radius 3 is 2.40 bits per heavy atom. The Labute approximate surface area is 120 Å². The van der Waals surface area contributed by atoms with E-state index < -0.39 is 0 Å². The molecule has 0 spiro atoms. The van der Waals surface area contributed by atoms with Gasteiger partial charge in [0, 0.05) is 19.2 Å². The number of methoxy groups -OCH3 is 2. The quantitative estimate of drug-likeness (QED) is 0.813. The number of benzene rings is 1. The van der Waals surface area contributed by atoms with Crippen LogP contribution in [0, 0.1) is 5.92 Å². The molecule has 1 amide bonds. The zero-order chi connectivity index (χ0) is 15.3. The Morgan fingerprint density at radius 1 is 1.30 bits per heavy atom. The van der Waals surface area contributed by atoms with Gasteiger partial charge in [0.25, 0.3) is 5.91 Å². The predicted octanol–water partition coefficient (Wildman–Crippen LogP) is 2.40. The Bertz CT molecular complexity index is 472. The Balaban J connectivity index is 3.19. The molecule has 1 rings (SSSR count). The summed E-state index contributed by atoms with van der Waals surface area (Å²) in [5.74, 6) is 1.30. The van der Waals surface area contributed by atoms with Gasteiger partial charge in [0.15, 0.2) is 0 Å². The Kier molecular flexibility index (Phi) is 5.67. The molecule has 5 heteroatoms. The number of ether oxygens (including phenoxy) is 2. The summed E-state index contributed by atoms with van der Waals surface area (Å²) in [5, 5.41) is 0. The lowest BCUT2D eigenvalue weighted by Crippen LogP contribution is -2.34. The number of carbonyl (C=O) groups excluding carboxylic acids is 1. The maximum Gasteiger partial charge on any atom is 0.256 e. The molecule has 0 saturated carbocycles. The fourth-order valence-electron chi connectivity index (χ4n) is 2.03. The Hall–Kier alpha value is -1.91. The monoisotopic (exact) mass is 280 g/mol. The molecule has 1 aromatic carbocycles. The van der Waals surface area contributed by atoms with Crippen LogP contribution in [0.1, 0.15) is 31.1 Å². The third-order valence-corrected chi connectivity index (χ3v) is 3.06. The Morgan fingerprint density at radius 2 is 1.95 bits per heavy atom. The normalized spacial score (nSPS) is 10.5. The summed E-state index contributed by atoms with van der Waals surface area (Å²) >= 11 is 0. The molecular weight excluding hydrogens is 256 g/mol. The maximum absolute atomic E-state index is 12.6. The second kappa shape index (κ2) is 7.03. The highest BCUT2D eigenvalue weighted by atomic mass is 16.5. The van der Waals surface area contributed by atoms with Crippen molar-refractivity contribution in [2.45, 2.75) is 20.8 Å². The van der Waals surface area contributed by atoms with Crippen LogP contribution < -0.4 is 15.2 Å². The van der Waals surface area contributed by atoms with Crippen LogP contribution in [0.2, 0.25) is 0 Å². The molecule has 1 aromatic rings. The van der Waals surface area contributed by atoms with E-state index in [-0.39, 0.29) is 5.91 Å². The number of hydrogen-bond acceptors (Lipinski definition) is 4. The van der Waals surface area contributed by atoms with Crippen molar-refractivity contribution >= 4 is 11.6 Å². The maximum atomic E-state index is 12.6. The molecule has 0 aromatic heterocycles. The van der Waals surface area contributed by atoms with Gasteiger partial charge in [0.1, 0.15) is 11.5 Å². The molecule has 0 fully saturated rings. The van der Waals surface area contributed by atoms with E-state index in [4.69, 9.17) is 15.2 Å². The smallest absolute Gasteiger partial charge is 0.256 e. The van der Waals surface area contributed by atoms with Crippen molar-refractivity contribution < 1.29 is 14.3 Å². The van der Waals surface area contributed by atoms with E-state index >= 15 is 0 Å². The van der Waals surface area contributed by atoms with E-state index in [1.54, 1.807) is 24.1 Å². The van der Waals surface area contributed by atoms with Gasteiger partial charge in [0.05, 0.1) is 25.5 Å². The van der Waals surface area contributed by atoms with Crippen molar-refractivity contribution in [3.8, 4) is 11.5 Å².